The Hall–Kier alpha value is -1.44. The topological polar surface area (TPSA) is 69.7 Å². The van der Waals surface area contributed by atoms with Crippen LogP contribution in [0.4, 0.5) is 5.69 Å². The van der Waals surface area contributed by atoms with Crippen LogP contribution in [-0.4, -0.2) is 50.1 Å². The van der Waals surface area contributed by atoms with Crippen LogP contribution in [0, 0.1) is 26.7 Å². The summed E-state index contributed by atoms with van der Waals surface area (Å²) < 4.78 is 27.1. The standard InChI is InChI=1S/C17H27N3O3S/c1-12-9-13(2)16(14(3)10-12)18-17(21)15-7-6-8-20(11-15)24(22,23)19(4)5/h9-10,15H,6-8,11H2,1-5H3,(H,18,21)/t15-/m0/s1. The summed E-state index contributed by atoms with van der Waals surface area (Å²) in [4.78, 5) is 12.7. The zero-order chi connectivity index (χ0) is 18.1. The third-order valence-corrected chi connectivity index (χ3v) is 6.37. The highest BCUT2D eigenvalue weighted by Crippen LogP contribution is 2.25. The molecule has 1 aromatic carbocycles. The van der Waals surface area contributed by atoms with Gasteiger partial charge in [0.1, 0.15) is 0 Å². The maximum absolute atomic E-state index is 12.7. The smallest absolute Gasteiger partial charge is 0.281 e. The van der Waals surface area contributed by atoms with Gasteiger partial charge in [0.15, 0.2) is 0 Å². The number of benzene rings is 1. The molecular formula is C17H27N3O3S. The number of hydrogen-bond donors (Lipinski definition) is 1. The maximum atomic E-state index is 12.7. The molecule has 1 fully saturated rings. The van der Waals surface area contributed by atoms with Crippen LogP contribution in [0.5, 0.6) is 0 Å². The molecule has 1 heterocycles. The van der Waals surface area contributed by atoms with E-state index in [0.717, 1.165) is 22.4 Å². The quantitative estimate of drug-likeness (QED) is 0.901. The Morgan fingerprint density at radius 2 is 1.79 bits per heavy atom. The molecule has 7 heteroatoms. The van der Waals surface area contributed by atoms with Crippen LogP contribution in [0.3, 0.4) is 0 Å². The monoisotopic (exact) mass is 353 g/mol. The summed E-state index contributed by atoms with van der Waals surface area (Å²) in [6.45, 7) is 6.67. The number of rotatable bonds is 4. The molecule has 1 saturated heterocycles. The van der Waals surface area contributed by atoms with Gasteiger partial charge in [-0.25, -0.2) is 0 Å². The normalized spacial score (nSPS) is 19.5. The largest absolute Gasteiger partial charge is 0.325 e. The molecule has 1 aliphatic heterocycles. The third-order valence-electron chi connectivity index (χ3n) is 4.47. The fourth-order valence-electron chi connectivity index (χ4n) is 3.20. The Labute approximate surface area is 145 Å². The average Bonchev–Trinajstić information content (AvgIpc) is 2.50. The second kappa shape index (κ2) is 7.21. The predicted molar refractivity (Wildman–Crippen MR) is 96.2 cm³/mol. The van der Waals surface area contributed by atoms with Crippen LogP contribution in [0.15, 0.2) is 12.1 Å². The Balaban J connectivity index is 2.13. The number of nitrogens with zero attached hydrogens (tertiary/aromatic N) is 2. The molecule has 6 nitrogen and oxygen atoms in total. The van der Waals surface area contributed by atoms with E-state index in [2.05, 4.69) is 5.32 Å². The van der Waals surface area contributed by atoms with Gasteiger partial charge in [-0.05, 0) is 44.7 Å². The minimum atomic E-state index is -3.47. The summed E-state index contributed by atoms with van der Waals surface area (Å²) in [7, 11) is -0.451. The number of carbonyl (C=O) groups excluding carboxylic acids is 1. The van der Waals surface area contributed by atoms with E-state index in [4.69, 9.17) is 0 Å². The van der Waals surface area contributed by atoms with Gasteiger partial charge in [-0.2, -0.15) is 17.0 Å². The third kappa shape index (κ3) is 3.96. The molecule has 24 heavy (non-hydrogen) atoms. The molecule has 1 amide bonds. The highest BCUT2D eigenvalue weighted by molar-refractivity contribution is 7.86. The Morgan fingerprint density at radius 3 is 2.33 bits per heavy atom. The van der Waals surface area contributed by atoms with Crippen LogP contribution in [-0.2, 0) is 15.0 Å². The van der Waals surface area contributed by atoms with Gasteiger partial charge < -0.3 is 5.32 Å². The molecule has 1 N–H and O–H groups in total. The molecule has 0 radical (unpaired) electrons. The summed E-state index contributed by atoms with van der Waals surface area (Å²) in [5.41, 5.74) is 4.03. The number of piperidine rings is 1. The summed E-state index contributed by atoms with van der Waals surface area (Å²) in [5.74, 6) is -0.433. The molecule has 0 bridgehead atoms. The number of anilines is 1. The number of amides is 1. The van der Waals surface area contributed by atoms with Crippen molar-refractivity contribution in [2.75, 3.05) is 32.5 Å². The lowest BCUT2D eigenvalue weighted by Gasteiger charge is -2.33. The Kier molecular flexibility index (Phi) is 5.67. The highest BCUT2D eigenvalue weighted by Gasteiger charge is 2.33. The number of nitrogens with one attached hydrogen (secondary N) is 1. The van der Waals surface area contributed by atoms with Gasteiger partial charge in [-0.3, -0.25) is 4.79 Å². The minimum Gasteiger partial charge on any atom is -0.325 e. The summed E-state index contributed by atoms with van der Waals surface area (Å²) >= 11 is 0. The lowest BCUT2D eigenvalue weighted by molar-refractivity contribution is -0.120. The number of aryl methyl sites for hydroxylation is 3. The Bertz CT molecular complexity index is 706. The van der Waals surface area contributed by atoms with E-state index < -0.39 is 10.2 Å². The van der Waals surface area contributed by atoms with E-state index in [1.165, 1.54) is 22.7 Å². The lowest BCUT2D eigenvalue weighted by Crippen LogP contribution is -2.47. The number of hydrogen-bond acceptors (Lipinski definition) is 3. The highest BCUT2D eigenvalue weighted by atomic mass is 32.2. The van der Waals surface area contributed by atoms with Crippen molar-refractivity contribution in [2.45, 2.75) is 33.6 Å². The molecule has 1 aromatic rings. The van der Waals surface area contributed by atoms with Crippen LogP contribution < -0.4 is 5.32 Å². The Morgan fingerprint density at radius 1 is 1.21 bits per heavy atom. The van der Waals surface area contributed by atoms with Gasteiger partial charge in [0.25, 0.3) is 10.2 Å². The second-order valence-corrected chi connectivity index (χ2v) is 8.89. The van der Waals surface area contributed by atoms with E-state index in [1.54, 1.807) is 0 Å². The first-order chi connectivity index (χ1) is 11.1. The molecule has 134 valence electrons. The fourth-order valence-corrected chi connectivity index (χ4v) is 4.39. The van der Waals surface area contributed by atoms with Crippen molar-refractivity contribution in [3.63, 3.8) is 0 Å². The lowest BCUT2D eigenvalue weighted by atomic mass is 9.98. The fraction of sp³-hybridized carbons (Fsp3) is 0.588. The SMILES string of the molecule is Cc1cc(C)c(NC(=O)[C@H]2CCCN(S(=O)(=O)N(C)C)C2)c(C)c1. The molecule has 0 aliphatic carbocycles. The van der Waals surface area contributed by atoms with Crippen molar-refractivity contribution in [1.29, 1.82) is 0 Å². The van der Waals surface area contributed by atoms with Gasteiger partial charge in [-0.15, -0.1) is 0 Å². The number of carbonyl (C=O) groups is 1. The van der Waals surface area contributed by atoms with E-state index in [1.807, 2.05) is 32.9 Å². The first-order valence-electron chi connectivity index (χ1n) is 8.19. The molecule has 0 aromatic heterocycles. The van der Waals surface area contributed by atoms with Crippen molar-refractivity contribution in [3.05, 3.63) is 28.8 Å². The van der Waals surface area contributed by atoms with Gasteiger partial charge in [0.2, 0.25) is 5.91 Å². The summed E-state index contributed by atoms with van der Waals surface area (Å²) in [6, 6.07) is 4.07. The van der Waals surface area contributed by atoms with Crippen molar-refractivity contribution in [3.8, 4) is 0 Å². The summed E-state index contributed by atoms with van der Waals surface area (Å²) in [6.07, 6.45) is 1.40. The van der Waals surface area contributed by atoms with Gasteiger partial charge in [0.05, 0.1) is 5.92 Å². The van der Waals surface area contributed by atoms with Crippen LogP contribution >= 0.6 is 0 Å². The van der Waals surface area contributed by atoms with E-state index >= 15 is 0 Å². The van der Waals surface area contributed by atoms with Crippen molar-refractivity contribution in [1.82, 2.24) is 8.61 Å². The first kappa shape index (κ1) is 18.9. The molecular weight excluding hydrogens is 326 g/mol. The van der Waals surface area contributed by atoms with Crippen LogP contribution in [0.2, 0.25) is 0 Å². The van der Waals surface area contributed by atoms with Crippen LogP contribution in [0.25, 0.3) is 0 Å². The molecule has 0 saturated carbocycles. The van der Waals surface area contributed by atoms with Crippen molar-refractivity contribution >= 4 is 21.8 Å². The van der Waals surface area contributed by atoms with Gasteiger partial charge in [-0.1, -0.05) is 17.7 Å². The molecule has 1 atom stereocenters. The summed E-state index contributed by atoms with van der Waals surface area (Å²) in [5, 5.41) is 3.00. The van der Waals surface area contributed by atoms with Crippen molar-refractivity contribution in [2.24, 2.45) is 5.92 Å². The van der Waals surface area contributed by atoms with E-state index in [9.17, 15) is 13.2 Å². The minimum absolute atomic E-state index is 0.108. The zero-order valence-corrected chi connectivity index (χ0v) is 15.9. The molecule has 1 aliphatic rings. The second-order valence-electron chi connectivity index (χ2n) is 6.75. The average molecular weight is 353 g/mol. The predicted octanol–water partition coefficient (Wildman–Crippen LogP) is 2.07. The van der Waals surface area contributed by atoms with Crippen LogP contribution in [0.1, 0.15) is 29.5 Å². The van der Waals surface area contributed by atoms with Gasteiger partial charge >= 0.3 is 0 Å². The molecule has 0 spiro atoms. The van der Waals surface area contributed by atoms with Gasteiger partial charge in [0, 0.05) is 32.9 Å². The van der Waals surface area contributed by atoms with E-state index in [0.29, 0.717) is 19.4 Å². The molecule has 0 unspecified atom stereocenters. The van der Waals surface area contributed by atoms with E-state index in [-0.39, 0.29) is 18.4 Å². The van der Waals surface area contributed by atoms with Crippen molar-refractivity contribution < 1.29 is 13.2 Å². The first-order valence-corrected chi connectivity index (χ1v) is 9.59. The maximum Gasteiger partial charge on any atom is 0.281 e. The zero-order valence-electron chi connectivity index (χ0n) is 15.1. The molecule has 2 rings (SSSR count).